The molecule has 2 aliphatic rings. The Balaban J connectivity index is 2.17. The number of rotatable bonds is 9. The third kappa shape index (κ3) is 4.19. The molecule has 2 rings (SSSR count). The molecule has 0 aromatic carbocycles. The van der Waals surface area contributed by atoms with Gasteiger partial charge in [-0.15, -0.1) is 0 Å². The first-order valence-corrected chi connectivity index (χ1v) is 8.49. The normalized spacial score (nSPS) is 21.9. The zero-order valence-electron chi connectivity index (χ0n) is 14.3. The third-order valence-corrected chi connectivity index (χ3v) is 4.65. The minimum absolute atomic E-state index is 0.0636. The van der Waals surface area contributed by atoms with E-state index in [-0.39, 0.29) is 5.97 Å². The Labute approximate surface area is 129 Å². The van der Waals surface area contributed by atoms with Gasteiger partial charge >= 0.3 is 5.97 Å². The van der Waals surface area contributed by atoms with E-state index < -0.39 is 5.54 Å². The molecule has 4 heteroatoms. The summed E-state index contributed by atoms with van der Waals surface area (Å²) in [4.78, 5) is 15.1. The van der Waals surface area contributed by atoms with Crippen LogP contribution in [0.4, 0.5) is 0 Å². The number of carbonyl (C=O) groups is 1. The summed E-state index contributed by atoms with van der Waals surface area (Å²) in [6, 6.07) is 0.953. The Bertz CT molecular complexity index is 362. The van der Waals surface area contributed by atoms with Crippen LogP contribution >= 0.6 is 0 Å². The quantitative estimate of drug-likeness (QED) is 0.664. The molecule has 0 spiro atoms. The molecule has 0 saturated heterocycles. The maximum absolute atomic E-state index is 12.6. The molecule has 4 nitrogen and oxygen atoms in total. The van der Waals surface area contributed by atoms with Gasteiger partial charge in [0.1, 0.15) is 5.54 Å². The van der Waals surface area contributed by atoms with Gasteiger partial charge in [0.05, 0.1) is 7.11 Å². The second kappa shape index (κ2) is 6.66. The van der Waals surface area contributed by atoms with E-state index in [1.165, 1.54) is 20.0 Å². The number of carbonyl (C=O) groups excluding carboxylic acids is 1. The Morgan fingerprint density at radius 3 is 2.24 bits per heavy atom. The zero-order chi connectivity index (χ0) is 15.6. The number of methoxy groups -OCH3 is 1. The Morgan fingerprint density at radius 2 is 1.86 bits per heavy atom. The molecule has 21 heavy (non-hydrogen) atoms. The van der Waals surface area contributed by atoms with Crippen LogP contribution < -0.4 is 5.32 Å². The molecule has 0 aliphatic heterocycles. The van der Waals surface area contributed by atoms with Gasteiger partial charge in [0.25, 0.3) is 0 Å². The molecule has 0 bridgehead atoms. The second-order valence-electron chi connectivity index (χ2n) is 7.57. The summed E-state index contributed by atoms with van der Waals surface area (Å²) in [6.07, 6.45) is 4.67. The minimum atomic E-state index is -0.491. The lowest BCUT2D eigenvalue weighted by molar-refractivity contribution is -0.151. The van der Waals surface area contributed by atoms with Crippen molar-refractivity contribution in [2.24, 2.45) is 11.8 Å². The number of hydrogen-bond donors (Lipinski definition) is 1. The van der Waals surface area contributed by atoms with Crippen molar-refractivity contribution in [2.45, 2.75) is 71.0 Å². The van der Waals surface area contributed by atoms with Crippen LogP contribution in [0.3, 0.4) is 0 Å². The van der Waals surface area contributed by atoms with Gasteiger partial charge in [-0.1, -0.05) is 13.8 Å². The summed E-state index contributed by atoms with van der Waals surface area (Å²) in [5.41, 5.74) is -0.491. The van der Waals surface area contributed by atoms with E-state index in [0.29, 0.717) is 23.9 Å². The molecular weight excluding hydrogens is 264 g/mol. The standard InChI is InChI=1S/C17H32N2O2/c1-12(2)10-19(13(3)4)11-17(14-6-7-14,16(20)21-5)18-15-8-9-15/h12-15,18H,6-11H2,1-5H3. The molecule has 122 valence electrons. The van der Waals surface area contributed by atoms with E-state index in [2.05, 4.69) is 37.9 Å². The van der Waals surface area contributed by atoms with Crippen molar-refractivity contribution in [3.05, 3.63) is 0 Å². The third-order valence-electron chi connectivity index (χ3n) is 4.65. The van der Waals surface area contributed by atoms with Crippen LogP contribution in [0.25, 0.3) is 0 Å². The van der Waals surface area contributed by atoms with Crippen molar-refractivity contribution in [1.29, 1.82) is 0 Å². The van der Waals surface area contributed by atoms with Crippen molar-refractivity contribution in [3.63, 3.8) is 0 Å². The molecule has 0 aromatic heterocycles. The fourth-order valence-electron chi connectivity index (χ4n) is 3.18. The van der Waals surface area contributed by atoms with E-state index in [1.807, 2.05) is 0 Å². The van der Waals surface area contributed by atoms with Gasteiger partial charge in [0.2, 0.25) is 0 Å². The van der Waals surface area contributed by atoms with Gasteiger partial charge in [0.15, 0.2) is 0 Å². The van der Waals surface area contributed by atoms with Crippen LogP contribution in [0.2, 0.25) is 0 Å². The fourth-order valence-corrected chi connectivity index (χ4v) is 3.18. The van der Waals surface area contributed by atoms with E-state index >= 15 is 0 Å². The Hall–Kier alpha value is -0.610. The van der Waals surface area contributed by atoms with Gasteiger partial charge in [0, 0.05) is 25.2 Å². The zero-order valence-corrected chi connectivity index (χ0v) is 14.3. The highest BCUT2D eigenvalue weighted by Gasteiger charge is 2.54. The maximum atomic E-state index is 12.6. The molecule has 2 aliphatic carbocycles. The van der Waals surface area contributed by atoms with Crippen LogP contribution in [0, 0.1) is 11.8 Å². The monoisotopic (exact) mass is 296 g/mol. The van der Waals surface area contributed by atoms with Crippen molar-refractivity contribution in [1.82, 2.24) is 10.2 Å². The van der Waals surface area contributed by atoms with Gasteiger partial charge in [-0.25, -0.2) is 4.79 Å². The van der Waals surface area contributed by atoms with Crippen LogP contribution in [-0.4, -0.2) is 48.7 Å². The van der Waals surface area contributed by atoms with Gasteiger partial charge < -0.3 is 4.74 Å². The molecule has 0 heterocycles. The first kappa shape index (κ1) is 16.8. The van der Waals surface area contributed by atoms with E-state index in [4.69, 9.17) is 4.74 Å². The van der Waals surface area contributed by atoms with Crippen molar-refractivity contribution >= 4 is 5.97 Å². The van der Waals surface area contributed by atoms with Crippen molar-refractivity contribution in [3.8, 4) is 0 Å². The van der Waals surface area contributed by atoms with Gasteiger partial charge in [-0.05, 0) is 51.4 Å². The number of ether oxygens (including phenoxy) is 1. The topological polar surface area (TPSA) is 41.6 Å². The first-order chi connectivity index (χ1) is 9.89. The van der Waals surface area contributed by atoms with Gasteiger partial charge in [-0.2, -0.15) is 0 Å². The highest BCUT2D eigenvalue weighted by Crippen LogP contribution is 2.43. The van der Waals surface area contributed by atoms with Gasteiger partial charge in [-0.3, -0.25) is 10.2 Å². The summed E-state index contributed by atoms with van der Waals surface area (Å²) >= 11 is 0. The lowest BCUT2D eigenvalue weighted by Gasteiger charge is -2.40. The highest BCUT2D eigenvalue weighted by molar-refractivity contribution is 5.82. The number of nitrogens with zero attached hydrogens (tertiary/aromatic N) is 1. The molecular formula is C17H32N2O2. The first-order valence-electron chi connectivity index (χ1n) is 8.49. The van der Waals surface area contributed by atoms with Crippen LogP contribution in [0.1, 0.15) is 53.4 Å². The highest BCUT2D eigenvalue weighted by atomic mass is 16.5. The second-order valence-corrected chi connectivity index (χ2v) is 7.57. The molecule has 0 aromatic rings. The van der Waals surface area contributed by atoms with Crippen LogP contribution in [0.15, 0.2) is 0 Å². The average molecular weight is 296 g/mol. The van der Waals surface area contributed by atoms with E-state index in [9.17, 15) is 4.79 Å². The Morgan fingerprint density at radius 1 is 1.24 bits per heavy atom. The molecule has 1 N–H and O–H groups in total. The van der Waals surface area contributed by atoms with Crippen LogP contribution in [0.5, 0.6) is 0 Å². The molecule has 0 radical (unpaired) electrons. The predicted molar refractivity (Wildman–Crippen MR) is 85.2 cm³/mol. The summed E-state index contributed by atoms with van der Waals surface area (Å²) in [7, 11) is 1.52. The fraction of sp³-hybridized carbons (Fsp3) is 0.941. The van der Waals surface area contributed by atoms with Crippen molar-refractivity contribution in [2.75, 3.05) is 20.2 Å². The molecule has 2 fully saturated rings. The lowest BCUT2D eigenvalue weighted by Crippen LogP contribution is -2.63. The Kier molecular flexibility index (Phi) is 5.31. The number of esters is 1. The van der Waals surface area contributed by atoms with Crippen molar-refractivity contribution < 1.29 is 9.53 Å². The molecule has 1 unspecified atom stereocenters. The molecule has 0 amide bonds. The predicted octanol–water partition coefficient (Wildman–Crippen LogP) is 2.43. The average Bonchev–Trinajstić information content (AvgIpc) is 3.26. The lowest BCUT2D eigenvalue weighted by atomic mass is 9.91. The molecule has 2 saturated carbocycles. The minimum Gasteiger partial charge on any atom is -0.468 e. The largest absolute Gasteiger partial charge is 0.468 e. The smallest absolute Gasteiger partial charge is 0.327 e. The van der Waals surface area contributed by atoms with E-state index in [1.54, 1.807) is 0 Å². The number of hydrogen-bond acceptors (Lipinski definition) is 4. The number of nitrogens with one attached hydrogen (secondary N) is 1. The SMILES string of the molecule is COC(=O)C(CN(CC(C)C)C(C)C)(NC1CC1)C1CC1. The summed E-state index contributed by atoms with van der Waals surface area (Å²) in [5, 5.41) is 3.66. The summed E-state index contributed by atoms with van der Waals surface area (Å²) < 4.78 is 5.20. The summed E-state index contributed by atoms with van der Waals surface area (Å²) in [6.45, 7) is 10.7. The van der Waals surface area contributed by atoms with Crippen LogP contribution in [-0.2, 0) is 9.53 Å². The maximum Gasteiger partial charge on any atom is 0.327 e. The summed E-state index contributed by atoms with van der Waals surface area (Å²) in [5.74, 6) is 0.980. The van der Waals surface area contributed by atoms with E-state index in [0.717, 1.165) is 25.9 Å². The molecule has 1 atom stereocenters.